The minimum absolute atomic E-state index is 0.0272. The third-order valence-corrected chi connectivity index (χ3v) is 7.45. The molecule has 0 radical (unpaired) electrons. The molecule has 0 saturated heterocycles. The van der Waals surface area contributed by atoms with E-state index in [1.165, 1.54) is 29.6 Å². The Morgan fingerprint density at radius 1 is 1.09 bits per heavy atom. The Hall–Kier alpha value is -3.63. The number of para-hydroxylation sites is 1. The minimum atomic E-state index is -3.85. The maximum atomic E-state index is 13.4. The highest BCUT2D eigenvalue weighted by Crippen LogP contribution is 2.34. The van der Waals surface area contributed by atoms with Crippen LogP contribution in [-0.2, 0) is 27.7 Å². The number of anilines is 1. The summed E-state index contributed by atoms with van der Waals surface area (Å²) in [7, 11) is -0.825. The first-order chi connectivity index (χ1) is 16.9. The van der Waals surface area contributed by atoms with E-state index in [0.29, 0.717) is 37.7 Å². The van der Waals surface area contributed by atoms with E-state index >= 15 is 0 Å². The lowest BCUT2D eigenvalue weighted by atomic mass is 10.2. The van der Waals surface area contributed by atoms with Gasteiger partial charge < -0.3 is 19.5 Å². The van der Waals surface area contributed by atoms with Crippen molar-refractivity contribution in [2.45, 2.75) is 17.9 Å². The number of nitrogens with one attached hydrogen (secondary N) is 1. The molecule has 0 atom stereocenters. The average molecular weight is 498 g/mol. The quantitative estimate of drug-likeness (QED) is 0.429. The van der Waals surface area contributed by atoms with E-state index < -0.39 is 15.9 Å². The SMILES string of the molecule is COCCOc1ccc(CNC(=O)c2cc(S(=O)(=O)N3CCc4ccccc43)ccc2OC)cn1. The molecule has 0 aliphatic carbocycles. The first-order valence-electron chi connectivity index (χ1n) is 11.1. The summed E-state index contributed by atoms with van der Waals surface area (Å²) >= 11 is 0. The van der Waals surface area contributed by atoms with Crippen molar-refractivity contribution in [3.63, 3.8) is 0 Å². The van der Waals surface area contributed by atoms with E-state index in [1.54, 1.807) is 31.5 Å². The number of amides is 1. The zero-order valence-corrected chi connectivity index (χ0v) is 20.4. The van der Waals surface area contributed by atoms with Crippen molar-refractivity contribution in [1.29, 1.82) is 0 Å². The van der Waals surface area contributed by atoms with Crippen LogP contribution in [-0.4, -0.2) is 53.3 Å². The molecular formula is C25H27N3O6S. The van der Waals surface area contributed by atoms with Gasteiger partial charge in [0.2, 0.25) is 5.88 Å². The third-order valence-electron chi connectivity index (χ3n) is 5.64. The van der Waals surface area contributed by atoms with Crippen molar-refractivity contribution in [2.75, 3.05) is 38.3 Å². The first kappa shape index (κ1) is 24.5. The van der Waals surface area contributed by atoms with Gasteiger partial charge in [-0.1, -0.05) is 24.3 Å². The number of carbonyl (C=O) groups is 1. The van der Waals surface area contributed by atoms with Gasteiger partial charge in [-0.2, -0.15) is 0 Å². The van der Waals surface area contributed by atoms with Gasteiger partial charge in [-0.15, -0.1) is 0 Å². The number of methoxy groups -OCH3 is 2. The number of fused-ring (bicyclic) bond motifs is 1. The van der Waals surface area contributed by atoms with Crippen LogP contribution < -0.4 is 19.1 Å². The fraction of sp³-hybridized carbons (Fsp3) is 0.280. The Morgan fingerprint density at radius 2 is 1.91 bits per heavy atom. The summed E-state index contributed by atoms with van der Waals surface area (Å²) < 4.78 is 43.9. The summed E-state index contributed by atoms with van der Waals surface area (Å²) in [6.07, 6.45) is 2.24. The van der Waals surface area contributed by atoms with Gasteiger partial charge in [-0.3, -0.25) is 9.10 Å². The van der Waals surface area contributed by atoms with E-state index in [1.807, 2.05) is 18.2 Å². The van der Waals surface area contributed by atoms with E-state index in [2.05, 4.69) is 10.3 Å². The van der Waals surface area contributed by atoms with Gasteiger partial charge in [0.15, 0.2) is 0 Å². The van der Waals surface area contributed by atoms with Crippen LogP contribution in [0.2, 0.25) is 0 Å². The van der Waals surface area contributed by atoms with Gasteiger partial charge in [0.05, 0.1) is 29.9 Å². The number of benzene rings is 2. The predicted octanol–water partition coefficient (Wildman–Crippen LogP) is 2.80. The molecule has 9 nitrogen and oxygen atoms in total. The molecule has 1 aliphatic rings. The van der Waals surface area contributed by atoms with Crippen LogP contribution in [0.1, 0.15) is 21.5 Å². The summed E-state index contributed by atoms with van der Waals surface area (Å²) in [5, 5.41) is 2.80. The number of hydrogen-bond acceptors (Lipinski definition) is 7. The molecule has 1 amide bonds. The van der Waals surface area contributed by atoms with Crippen LogP contribution in [0.15, 0.2) is 65.7 Å². The molecular weight excluding hydrogens is 470 g/mol. The van der Waals surface area contributed by atoms with Gasteiger partial charge >= 0.3 is 0 Å². The van der Waals surface area contributed by atoms with Crippen LogP contribution in [0.5, 0.6) is 11.6 Å². The number of aromatic nitrogens is 1. The normalized spacial score (nSPS) is 12.8. The maximum Gasteiger partial charge on any atom is 0.264 e. The molecule has 0 spiro atoms. The van der Waals surface area contributed by atoms with Gasteiger partial charge in [-0.25, -0.2) is 13.4 Å². The Balaban J connectivity index is 1.49. The second-order valence-corrected chi connectivity index (χ2v) is 9.71. The first-order valence-corrected chi connectivity index (χ1v) is 12.5. The van der Waals surface area contributed by atoms with Crippen LogP contribution in [0.3, 0.4) is 0 Å². The lowest BCUT2D eigenvalue weighted by Gasteiger charge is -2.20. The van der Waals surface area contributed by atoms with Crippen molar-refractivity contribution in [1.82, 2.24) is 10.3 Å². The zero-order chi connectivity index (χ0) is 24.8. The van der Waals surface area contributed by atoms with Crippen LogP contribution in [0, 0.1) is 0 Å². The molecule has 4 rings (SSSR count). The van der Waals surface area contributed by atoms with Crippen molar-refractivity contribution >= 4 is 21.6 Å². The van der Waals surface area contributed by atoms with Gasteiger partial charge in [0.1, 0.15) is 12.4 Å². The Bertz CT molecular complexity index is 1290. The van der Waals surface area contributed by atoms with Crippen molar-refractivity contribution in [3.8, 4) is 11.6 Å². The fourth-order valence-electron chi connectivity index (χ4n) is 3.82. The van der Waals surface area contributed by atoms with Crippen molar-refractivity contribution in [2.24, 2.45) is 0 Å². The summed E-state index contributed by atoms with van der Waals surface area (Å²) in [6, 6.07) is 15.2. The molecule has 0 unspecified atom stereocenters. The summed E-state index contributed by atoms with van der Waals surface area (Å²) in [4.78, 5) is 17.2. The average Bonchev–Trinajstić information content (AvgIpc) is 3.33. The van der Waals surface area contributed by atoms with Gasteiger partial charge in [-0.05, 0) is 41.8 Å². The molecule has 3 aromatic rings. The molecule has 184 valence electrons. The highest BCUT2D eigenvalue weighted by molar-refractivity contribution is 7.92. The smallest absolute Gasteiger partial charge is 0.264 e. The lowest BCUT2D eigenvalue weighted by molar-refractivity contribution is 0.0947. The van der Waals surface area contributed by atoms with Crippen LogP contribution in [0.25, 0.3) is 0 Å². The maximum absolute atomic E-state index is 13.4. The molecule has 0 saturated carbocycles. The number of nitrogens with zero attached hydrogens (tertiary/aromatic N) is 2. The second-order valence-electron chi connectivity index (χ2n) is 7.85. The third kappa shape index (κ3) is 5.39. The molecule has 0 bridgehead atoms. The largest absolute Gasteiger partial charge is 0.496 e. The van der Waals surface area contributed by atoms with E-state index in [9.17, 15) is 13.2 Å². The zero-order valence-electron chi connectivity index (χ0n) is 19.6. The molecule has 2 aromatic carbocycles. The van der Waals surface area contributed by atoms with E-state index in [4.69, 9.17) is 14.2 Å². The monoisotopic (exact) mass is 497 g/mol. The van der Waals surface area contributed by atoms with E-state index in [-0.39, 0.29) is 22.8 Å². The molecule has 1 aromatic heterocycles. The van der Waals surface area contributed by atoms with Crippen molar-refractivity contribution < 1.29 is 27.4 Å². The minimum Gasteiger partial charge on any atom is -0.496 e. The van der Waals surface area contributed by atoms with Crippen molar-refractivity contribution in [3.05, 3.63) is 77.5 Å². The highest BCUT2D eigenvalue weighted by atomic mass is 32.2. The highest BCUT2D eigenvalue weighted by Gasteiger charge is 2.31. The summed E-state index contributed by atoms with van der Waals surface area (Å²) in [5.41, 5.74) is 2.53. The van der Waals surface area contributed by atoms with Crippen LogP contribution >= 0.6 is 0 Å². The molecule has 1 aliphatic heterocycles. The Labute approximate surface area is 204 Å². The van der Waals surface area contributed by atoms with Gasteiger partial charge in [0.25, 0.3) is 15.9 Å². The Kier molecular flexibility index (Phi) is 7.52. The standard InChI is InChI=1S/C25H27N3O6S/c1-32-13-14-34-24-10-7-18(16-26-24)17-27-25(29)21-15-20(8-9-23(21)33-2)35(30,31)28-12-11-19-5-3-4-6-22(19)28/h3-10,15-16H,11-14,17H2,1-2H3,(H,27,29). The number of sulfonamides is 1. The number of rotatable bonds is 10. The molecule has 0 fully saturated rings. The number of ether oxygens (including phenoxy) is 3. The second kappa shape index (κ2) is 10.7. The summed E-state index contributed by atoms with van der Waals surface area (Å²) in [6.45, 7) is 1.40. The number of hydrogen-bond donors (Lipinski definition) is 1. The molecule has 1 N–H and O–H groups in total. The van der Waals surface area contributed by atoms with Gasteiger partial charge in [0, 0.05) is 32.5 Å². The van der Waals surface area contributed by atoms with E-state index in [0.717, 1.165) is 11.1 Å². The topological polar surface area (TPSA) is 107 Å². The lowest BCUT2D eigenvalue weighted by Crippen LogP contribution is -2.30. The summed E-state index contributed by atoms with van der Waals surface area (Å²) in [5.74, 6) is 0.282. The van der Waals surface area contributed by atoms with Crippen LogP contribution in [0.4, 0.5) is 5.69 Å². The number of pyridine rings is 1. The molecule has 35 heavy (non-hydrogen) atoms. The molecule has 10 heteroatoms. The predicted molar refractivity (Wildman–Crippen MR) is 130 cm³/mol. The fourth-order valence-corrected chi connectivity index (χ4v) is 5.35. The Morgan fingerprint density at radius 3 is 2.66 bits per heavy atom. The number of carbonyl (C=O) groups excluding carboxylic acids is 1. The molecule has 2 heterocycles.